The molecule has 0 spiro atoms. The smallest absolute Gasteiger partial charge is 0.917 e. The molecular formula is AuNaO3S. The molecule has 0 aliphatic rings. The SMILES string of the molecule is O=[S-](=O)[O-].[Au+].[Na+]. The molecule has 6 heavy (non-hydrogen) atoms. The molecule has 0 heterocycles. The molecule has 0 rings (SSSR count). The summed E-state index contributed by atoms with van der Waals surface area (Å²) in [7, 11) is -3.11. The van der Waals surface area contributed by atoms with Gasteiger partial charge in [0.2, 0.25) is 0 Å². The van der Waals surface area contributed by atoms with Crippen LogP contribution in [0.3, 0.4) is 0 Å². The molecule has 36 valence electrons. The number of hydrogen-bond acceptors (Lipinski definition) is 4. The van der Waals surface area contributed by atoms with Crippen molar-refractivity contribution in [3.63, 3.8) is 0 Å². The number of hydrogen-bond donors (Lipinski definition) is 0. The molecule has 0 aromatic heterocycles. The Bertz CT molecular complexity index is 59.2. The second-order valence-corrected chi connectivity index (χ2v) is 0.612. The van der Waals surface area contributed by atoms with Crippen molar-refractivity contribution in [1.82, 2.24) is 0 Å². The second-order valence-electron chi connectivity index (χ2n) is 0.204. The average molecular weight is 300 g/mol. The van der Waals surface area contributed by atoms with Crippen LogP contribution in [0, 0.1) is 0 Å². The second kappa shape index (κ2) is 9.82. The molecule has 0 unspecified atom stereocenters. The van der Waals surface area contributed by atoms with Crippen LogP contribution < -0.4 is 29.6 Å². The van der Waals surface area contributed by atoms with Crippen molar-refractivity contribution in [3.8, 4) is 0 Å². The Balaban J connectivity index is -0.0000000450. The first kappa shape index (κ1) is 15.6. The first-order valence-electron chi connectivity index (χ1n) is 0.500. The summed E-state index contributed by atoms with van der Waals surface area (Å²) in [5.41, 5.74) is 0. The van der Waals surface area contributed by atoms with E-state index in [1.165, 1.54) is 0 Å². The van der Waals surface area contributed by atoms with Crippen LogP contribution in [0.1, 0.15) is 0 Å². The summed E-state index contributed by atoms with van der Waals surface area (Å²) < 4.78 is 25.3. The Labute approximate surface area is 75.1 Å². The van der Waals surface area contributed by atoms with Gasteiger partial charge >= 0.3 is 51.9 Å². The van der Waals surface area contributed by atoms with Crippen LogP contribution in [-0.4, -0.2) is 4.55 Å². The zero-order valence-corrected chi connectivity index (χ0v) is 7.92. The first-order valence-corrected chi connectivity index (χ1v) is 1.50. The molecule has 0 amide bonds. The fraction of sp³-hybridized carbons (Fsp3) is 0. The molecular weight excluding hydrogens is 300 g/mol. The Kier molecular flexibility index (Phi) is 25.6. The molecule has 0 atom stereocenters. The maximum absolute atomic E-state index is 8.44. The van der Waals surface area contributed by atoms with E-state index in [1.807, 2.05) is 0 Å². The van der Waals surface area contributed by atoms with Gasteiger partial charge in [-0.15, -0.1) is 0 Å². The molecule has 0 fully saturated rings. The molecule has 0 aromatic rings. The van der Waals surface area contributed by atoms with Crippen LogP contribution in [0.5, 0.6) is 0 Å². The fourth-order valence-electron chi connectivity index (χ4n) is 0. The van der Waals surface area contributed by atoms with Crippen molar-refractivity contribution >= 4 is 11.0 Å². The molecule has 0 aliphatic heterocycles. The van der Waals surface area contributed by atoms with Gasteiger partial charge in [-0.3, -0.25) is 0 Å². The molecule has 3 nitrogen and oxygen atoms in total. The molecule has 0 N–H and O–H groups in total. The maximum Gasteiger partial charge on any atom is 1.00 e. The van der Waals surface area contributed by atoms with Gasteiger partial charge in [-0.05, 0) is 0 Å². The summed E-state index contributed by atoms with van der Waals surface area (Å²) in [5.74, 6) is 0. The standard InChI is InChI=1S/Au.Na.O3S/c;;1-4(2)3/q2*+1;-2. The Morgan fingerprint density at radius 1 is 1.33 bits per heavy atom. The van der Waals surface area contributed by atoms with Gasteiger partial charge in [-0.25, -0.2) is 0 Å². The largest absolute Gasteiger partial charge is 1.00 e. The normalized spacial score (nSPS) is 5.67. The van der Waals surface area contributed by atoms with E-state index in [9.17, 15) is 0 Å². The fourth-order valence-corrected chi connectivity index (χ4v) is 0. The third-order valence-corrected chi connectivity index (χ3v) is 0. The summed E-state index contributed by atoms with van der Waals surface area (Å²) >= 11 is 0. The van der Waals surface area contributed by atoms with Crippen molar-refractivity contribution in [2.45, 2.75) is 0 Å². The topological polar surface area (TPSA) is 57.2 Å². The Morgan fingerprint density at radius 3 is 1.33 bits per heavy atom. The van der Waals surface area contributed by atoms with Crippen molar-refractivity contribution in [2.24, 2.45) is 0 Å². The van der Waals surface area contributed by atoms with Crippen LogP contribution in [0.2, 0.25) is 0 Å². The first-order chi connectivity index (χ1) is 1.73. The molecule has 0 aromatic carbocycles. The zero-order chi connectivity index (χ0) is 3.58. The van der Waals surface area contributed by atoms with Gasteiger partial charge in [0, 0.05) is 0 Å². The van der Waals surface area contributed by atoms with Gasteiger partial charge in [0.05, 0.1) is 0 Å². The third kappa shape index (κ3) is 44.9. The minimum atomic E-state index is -3.11. The average Bonchev–Trinajstić information content (AvgIpc) is 0.811. The summed E-state index contributed by atoms with van der Waals surface area (Å²) in [6.07, 6.45) is 0. The van der Waals surface area contributed by atoms with Gasteiger partial charge in [0.25, 0.3) is 0 Å². The minimum absolute atomic E-state index is 0. The van der Waals surface area contributed by atoms with E-state index < -0.39 is 11.0 Å². The quantitative estimate of drug-likeness (QED) is 0.201. The van der Waals surface area contributed by atoms with Crippen molar-refractivity contribution in [2.75, 3.05) is 0 Å². The molecule has 0 bridgehead atoms. The van der Waals surface area contributed by atoms with Crippen molar-refractivity contribution < 1.29 is 64.9 Å². The minimum Gasteiger partial charge on any atom is -0.917 e. The van der Waals surface area contributed by atoms with Crippen LogP contribution in [0.25, 0.3) is 0 Å². The van der Waals surface area contributed by atoms with E-state index in [-0.39, 0.29) is 51.9 Å². The van der Waals surface area contributed by atoms with Gasteiger partial charge in [0.15, 0.2) is 0 Å². The van der Waals surface area contributed by atoms with Crippen molar-refractivity contribution in [1.29, 1.82) is 0 Å². The van der Waals surface area contributed by atoms with Crippen LogP contribution >= 0.6 is 0 Å². The Hall–Kier alpha value is 1.65. The molecule has 0 aliphatic carbocycles. The van der Waals surface area contributed by atoms with Crippen LogP contribution in [0.15, 0.2) is 0 Å². The van der Waals surface area contributed by atoms with E-state index in [2.05, 4.69) is 0 Å². The van der Waals surface area contributed by atoms with Crippen molar-refractivity contribution in [3.05, 3.63) is 0 Å². The van der Waals surface area contributed by atoms with E-state index in [0.29, 0.717) is 0 Å². The predicted molar refractivity (Wildman–Crippen MR) is 9.52 cm³/mol. The molecule has 6 heteroatoms. The van der Waals surface area contributed by atoms with Crippen LogP contribution in [-0.2, 0) is 41.8 Å². The van der Waals surface area contributed by atoms with E-state index in [4.69, 9.17) is 13.0 Å². The van der Waals surface area contributed by atoms with Gasteiger partial charge in [-0.1, -0.05) is 0 Å². The van der Waals surface area contributed by atoms with Gasteiger partial charge in [0.1, 0.15) is 0 Å². The zero-order valence-electron chi connectivity index (χ0n) is 2.93. The Morgan fingerprint density at radius 2 is 1.33 bits per heavy atom. The summed E-state index contributed by atoms with van der Waals surface area (Å²) in [6.45, 7) is 0. The molecule has 0 saturated carbocycles. The number of rotatable bonds is 0. The summed E-state index contributed by atoms with van der Waals surface area (Å²) in [4.78, 5) is 0. The molecule has 0 radical (unpaired) electrons. The van der Waals surface area contributed by atoms with Gasteiger partial charge < -0.3 is 13.0 Å². The predicted octanol–water partition coefficient (Wildman–Crippen LogP) is -3.57. The summed E-state index contributed by atoms with van der Waals surface area (Å²) in [5, 5.41) is 0. The van der Waals surface area contributed by atoms with E-state index in [1.54, 1.807) is 0 Å². The van der Waals surface area contributed by atoms with E-state index in [0.717, 1.165) is 0 Å². The van der Waals surface area contributed by atoms with E-state index >= 15 is 0 Å². The van der Waals surface area contributed by atoms with Crippen LogP contribution in [0.4, 0.5) is 0 Å². The maximum atomic E-state index is 8.44. The third-order valence-electron chi connectivity index (χ3n) is 0. The monoisotopic (exact) mass is 300 g/mol. The van der Waals surface area contributed by atoms with Gasteiger partial charge in [-0.2, -0.15) is 11.0 Å². The molecule has 0 saturated heterocycles. The summed E-state index contributed by atoms with van der Waals surface area (Å²) in [6, 6.07) is 0.